The second-order valence-electron chi connectivity index (χ2n) is 5.63. The summed E-state index contributed by atoms with van der Waals surface area (Å²) >= 11 is 6.00. The van der Waals surface area contributed by atoms with Gasteiger partial charge in [-0.2, -0.15) is 0 Å². The van der Waals surface area contributed by atoms with Crippen molar-refractivity contribution in [2.75, 3.05) is 0 Å². The first-order valence-electron chi connectivity index (χ1n) is 7.96. The summed E-state index contributed by atoms with van der Waals surface area (Å²) in [7, 11) is 0. The highest BCUT2D eigenvalue weighted by molar-refractivity contribution is 6.19. The van der Waals surface area contributed by atoms with Crippen LogP contribution in [0.15, 0.2) is 30.3 Å². The number of alkyl carbamates (subject to hydrolysis) is 1. The molecular weight excluding hydrogens is 366 g/mol. The summed E-state index contributed by atoms with van der Waals surface area (Å²) in [6.07, 6.45) is -3.70. The Morgan fingerprint density at radius 1 is 1.15 bits per heavy atom. The molecule has 1 aliphatic rings. The number of hydrogen-bond acceptors (Lipinski definition) is 7. The Morgan fingerprint density at radius 2 is 1.81 bits per heavy atom. The molecule has 1 aromatic carbocycles. The third-order valence-electron chi connectivity index (χ3n) is 3.47. The fraction of sp³-hybridized carbons (Fsp3) is 0.471. The maximum Gasteiger partial charge on any atom is 0.409 e. The molecule has 0 aliphatic carbocycles. The molecule has 1 amide bonds. The van der Waals surface area contributed by atoms with Crippen LogP contribution in [-0.4, -0.2) is 42.0 Å². The Labute approximate surface area is 155 Å². The molecule has 1 aliphatic heterocycles. The Bertz CT molecular complexity index is 639. The lowest BCUT2D eigenvalue weighted by molar-refractivity contribution is -0.201. The summed E-state index contributed by atoms with van der Waals surface area (Å²) in [5.74, 6) is -1.18. The third kappa shape index (κ3) is 6.20. The van der Waals surface area contributed by atoms with Gasteiger partial charge in [-0.15, -0.1) is 0 Å². The minimum atomic E-state index is -1.12. The number of carbonyl (C=O) groups excluding carboxylic acids is 3. The predicted octanol–water partition coefficient (Wildman–Crippen LogP) is 2.09. The van der Waals surface area contributed by atoms with E-state index in [1.807, 2.05) is 18.2 Å². The number of nitrogens with one attached hydrogen (secondary N) is 1. The minimum absolute atomic E-state index is 0.0509. The van der Waals surface area contributed by atoms with Crippen LogP contribution in [0.25, 0.3) is 0 Å². The molecular formula is C17H20ClNO7. The van der Waals surface area contributed by atoms with Gasteiger partial charge in [0, 0.05) is 20.3 Å². The van der Waals surface area contributed by atoms with Gasteiger partial charge in [0.05, 0.1) is 0 Å². The Balaban J connectivity index is 2.01. The topological polar surface area (TPSA) is 100 Å². The van der Waals surface area contributed by atoms with Crippen molar-refractivity contribution < 1.29 is 33.3 Å². The number of rotatable bonds is 5. The van der Waals surface area contributed by atoms with E-state index in [-0.39, 0.29) is 13.0 Å². The highest BCUT2D eigenvalue weighted by Gasteiger charge is 2.43. The van der Waals surface area contributed by atoms with Gasteiger partial charge in [-0.1, -0.05) is 41.9 Å². The zero-order chi connectivity index (χ0) is 19.1. The zero-order valence-corrected chi connectivity index (χ0v) is 15.1. The highest BCUT2D eigenvalue weighted by Crippen LogP contribution is 2.26. The summed E-state index contributed by atoms with van der Waals surface area (Å²) in [6.45, 7) is 2.47. The average Bonchev–Trinajstić information content (AvgIpc) is 2.56. The molecule has 4 atom stereocenters. The summed E-state index contributed by atoms with van der Waals surface area (Å²) in [5, 5.41) is 2.44. The first-order valence-corrected chi connectivity index (χ1v) is 8.40. The number of carbonyl (C=O) groups is 3. The molecule has 0 spiro atoms. The lowest BCUT2D eigenvalue weighted by Gasteiger charge is -2.38. The first kappa shape index (κ1) is 20.0. The lowest BCUT2D eigenvalue weighted by Crippen LogP contribution is -2.57. The monoisotopic (exact) mass is 385 g/mol. The first-order chi connectivity index (χ1) is 12.3. The molecule has 1 N–H and O–H groups in total. The van der Waals surface area contributed by atoms with Gasteiger partial charge in [-0.25, -0.2) is 4.79 Å². The van der Waals surface area contributed by atoms with Gasteiger partial charge in [0.2, 0.25) is 0 Å². The van der Waals surface area contributed by atoms with Crippen molar-refractivity contribution in [2.45, 2.75) is 50.9 Å². The summed E-state index contributed by atoms with van der Waals surface area (Å²) in [4.78, 5) is 34.7. The third-order valence-corrected chi connectivity index (χ3v) is 3.75. The van der Waals surface area contributed by atoms with Gasteiger partial charge >= 0.3 is 18.0 Å². The van der Waals surface area contributed by atoms with Crippen LogP contribution in [0.5, 0.6) is 0 Å². The molecule has 1 heterocycles. The van der Waals surface area contributed by atoms with E-state index in [1.54, 1.807) is 12.1 Å². The largest absolute Gasteiger partial charge is 0.458 e. The number of halogens is 1. The molecule has 0 radical (unpaired) electrons. The van der Waals surface area contributed by atoms with Gasteiger partial charge < -0.3 is 18.9 Å². The molecule has 0 aromatic heterocycles. The summed E-state index contributed by atoms with van der Waals surface area (Å²) in [6, 6.07) is 9.09. The molecule has 26 heavy (non-hydrogen) atoms. The van der Waals surface area contributed by atoms with Crippen molar-refractivity contribution in [2.24, 2.45) is 0 Å². The van der Waals surface area contributed by atoms with Crippen LogP contribution in [0.2, 0.25) is 0 Å². The number of amides is 1. The lowest BCUT2D eigenvalue weighted by atomic mass is 10.1. The van der Waals surface area contributed by atoms with Crippen LogP contribution in [0.4, 0.5) is 4.79 Å². The van der Waals surface area contributed by atoms with E-state index in [4.69, 9.17) is 30.5 Å². The highest BCUT2D eigenvalue weighted by atomic mass is 35.5. The van der Waals surface area contributed by atoms with E-state index < -0.39 is 42.0 Å². The molecule has 1 aromatic rings. The number of alkyl halides is 1. The van der Waals surface area contributed by atoms with Crippen molar-refractivity contribution >= 4 is 29.6 Å². The van der Waals surface area contributed by atoms with Crippen LogP contribution in [0, 0.1) is 0 Å². The van der Waals surface area contributed by atoms with Crippen LogP contribution in [-0.2, 0) is 35.1 Å². The van der Waals surface area contributed by atoms with Crippen molar-refractivity contribution in [3.8, 4) is 0 Å². The van der Waals surface area contributed by atoms with Crippen molar-refractivity contribution in [1.82, 2.24) is 5.32 Å². The molecule has 2 rings (SSSR count). The van der Waals surface area contributed by atoms with Crippen LogP contribution in [0.1, 0.15) is 25.8 Å². The standard InChI is InChI=1S/C17H20ClNO7/c1-10(20)24-13-8-14(18)26-16(15(13)25-11(2)21)19-17(22)23-9-12-6-4-3-5-7-12/h3-7,13-16H,8-9H2,1-2H3,(H,19,22). The number of esters is 2. The number of ether oxygens (including phenoxy) is 4. The molecule has 4 unspecified atom stereocenters. The molecule has 1 fully saturated rings. The molecule has 142 valence electrons. The van der Waals surface area contributed by atoms with Gasteiger partial charge in [0.15, 0.2) is 12.3 Å². The van der Waals surface area contributed by atoms with Gasteiger partial charge in [-0.05, 0) is 5.56 Å². The summed E-state index contributed by atoms with van der Waals surface area (Å²) in [5.41, 5.74) is -0.0395. The number of hydrogen-bond donors (Lipinski definition) is 1. The smallest absolute Gasteiger partial charge is 0.409 e. The summed E-state index contributed by atoms with van der Waals surface area (Å²) < 4.78 is 20.8. The zero-order valence-electron chi connectivity index (χ0n) is 14.3. The van der Waals surface area contributed by atoms with E-state index in [0.29, 0.717) is 0 Å². The Kier molecular flexibility index (Phi) is 7.23. The van der Waals surface area contributed by atoms with Crippen molar-refractivity contribution in [1.29, 1.82) is 0 Å². The molecule has 9 heteroatoms. The fourth-order valence-corrected chi connectivity index (χ4v) is 2.74. The average molecular weight is 386 g/mol. The molecule has 1 saturated heterocycles. The molecule has 0 saturated carbocycles. The van der Waals surface area contributed by atoms with Crippen molar-refractivity contribution in [3.63, 3.8) is 0 Å². The normalized spacial score (nSPS) is 25.0. The second kappa shape index (κ2) is 9.40. The molecule has 0 bridgehead atoms. The van der Waals surface area contributed by atoms with E-state index in [0.717, 1.165) is 5.56 Å². The SMILES string of the molecule is CC(=O)OC1CC(Cl)OC(NC(=O)OCc2ccccc2)C1OC(C)=O. The van der Waals surface area contributed by atoms with E-state index >= 15 is 0 Å². The van der Waals surface area contributed by atoms with E-state index in [2.05, 4.69) is 5.32 Å². The predicted molar refractivity (Wildman–Crippen MR) is 90.0 cm³/mol. The van der Waals surface area contributed by atoms with E-state index in [1.165, 1.54) is 13.8 Å². The Morgan fingerprint density at radius 3 is 2.42 bits per heavy atom. The molecule has 8 nitrogen and oxygen atoms in total. The van der Waals surface area contributed by atoms with Crippen LogP contribution in [0.3, 0.4) is 0 Å². The van der Waals surface area contributed by atoms with Crippen molar-refractivity contribution in [3.05, 3.63) is 35.9 Å². The van der Waals surface area contributed by atoms with E-state index in [9.17, 15) is 14.4 Å². The van der Waals surface area contributed by atoms with Gasteiger partial charge in [0.1, 0.15) is 18.3 Å². The van der Waals surface area contributed by atoms with Crippen LogP contribution < -0.4 is 5.32 Å². The minimum Gasteiger partial charge on any atom is -0.458 e. The quantitative estimate of drug-likeness (QED) is 0.470. The maximum atomic E-state index is 12.0. The van der Waals surface area contributed by atoms with Gasteiger partial charge in [0.25, 0.3) is 0 Å². The second-order valence-corrected chi connectivity index (χ2v) is 6.12. The Hall–Kier alpha value is -2.32. The number of benzene rings is 1. The van der Waals surface area contributed by atoms with Crippen LogP contribution >= 0.6 is 11.6 Å². The maximum absolute atomic E-state index is 12.0. The fourth-order valence-electron chi connectivity index (χ4n) is 2.46. The van der Waals surface area contributed by atoms with Gasteiger partial charge in [-0.3, -0.25) is 14.9 Å².